The number of hydrogen-bond donors (Lipinski definition) is 2. The number of thiocarbonyl (C=S) groups is 1. The van der Waals surface area contributed by atoms with Crippen LogP contribution in [0.4, 0.5) is 5.69 Å². The van der Waals surface area contributed by atoms with E-state index in [2.05, 4.69) is 16.7 Å². The molecule has 35 heavy (non-hydrogen) atoms. The average Bonchev–Trinajstić information content (AvgIpc) is 3.33. The molecule has 0 saturated carbocycles. The number of benzene rings is 4. The van der Waals surface area contributed by atoms with Gasteiger partial charge in [-0.05, 0) is 60.2 Å². The van der Waals surface area contributed by atoms with Crippen LogP contribution in [0.1, 0.15) is 15.9 Å². The Hall–Kier alpha value is -4.07. The number of thiazole rings is 1. The lowest BCUT2D eigenvalue weighted by atomic mass is 10.2. The molecule has 0 bridgehead atoms. The zero-order valence-electron chi connectivity index (χ0n) is 18.6. The molecule has 0 fully saturated rings. The van der Waals surface area contributed by atoms with Crippen LogP contribution in [0.3, 0.4) is 0 Å². The van der Waals surface area contributed by atoms with Crippen molar-refractivity contribution in [1.82, 2.24) is 10.3 Å². The van der Waals surface area contributed by atoms with Crippen molar-refractivity contribution < 1.29 is 9.53 Å². The molecule has 0 radical (unpaired) electrons. The van der Waals surface area contributed by atoms with Gasteiger partial charge in [0.2, 0.25) is 0 Å². The summed E-state index contributed by atoms with van der Waals surface area (Å²) in [6, 6.07) is 32.7. The Bertz CT molecular complexity index is 1470. The molecule has 0 unspecified atom stereocenters. The largest absolute Gasteiger partial charge is 0.489 e. The van der Waals surface area contributed by atoms with Crippen molar-refractivity contribution in [2.45, 2.75) is 6.61 Å². The van der Waals surface area contributed by atoms with Gasteiger partial charge >= 0.3 is 0 Å². The quantitative estimate of drug-likeness (QED) is 0.258. The van der Waals surface area contributed by atoms with Gasteiger partial charge in [0.05, 0.1) is 15.9 Å². The third-order valence-corrected chi connectivity index (χ3v) is 6.54. The van der Waals surface area contributed by atoms with E-state index in [4.69, 9.17) is 21.9 Å². The topological polar surface area (TPSA) is 63.2 Å². The minimum Gasteiger partial charge on any atom is -0.489 e. The van der Waals surface area contributed by atoms with Gasteiger partial charge in [0.15, 0.2) is 5.11 Å². The van der Waals surface area contributed by atoms with Crippen molar-refractivity contribution in [3.05, 3.63) is 114 Å². The summed E-state index contributed by atoms with van der Waals surface area (Å²) in [5.74, 6) is 0.298. The van der Waals surface area contributed by atoms with Gasteiger partial charge in [0.25, 0.3) is 5.91 Å². The molecule has 0 atom stereocenters. The molecule has 5 aromatic rings. The molecule has 0 aliphatic rings. The number of nitrogens with zero attached hydrogens (tertiary/aromatic N) is 1. The molecule has 4 aromatic carbocycles. The van der Waals surface area contributed by atoms with Gasteiger partial charge in [0, 0.05) is 11.1 Å². The SMILES string of the molecule is O=C(NC(=S)Nc1ccccc1-c1nc2ccccc2s1)c1cccc(OCc2ccccc2)c1. The summed E-state index contributed by atoms with van der Waals surface area (Å²) < 4.78 is 6.95. The first-order valence-electron chi connectivity index (χ1n) is 11.0. The van der Waals surface area contributed by atoms with E-state index >= 15 is 0 Å². The fraction of sp³-hybridized carbons (Fsp3) is 0.0357. The molecule has 1 aromatic heterocycles. The first-order valence-corrected chi connectivity index (χ1v) is 12.2. The summed E-state index contributed by atoms with van der Waals surface area (Å²) >= 11 is 7.05. The molecule has 0 aliphatic carbocycles. The van der Waals surface area contributed by atoms with Gasteiger partial charge in [-0.2, -0.15) is 0 Å². The summed E-state index contributed by atoms with van der Waals surface area (Å²) in [5, 5.41) is 7.00. The minimum absolute atomic E-state index is 0.208. The van der Waals surface area contributed by atoms with Gasteiger partial charge in [-0.25, -0.2) is 4.98 Å². The van der Waals surface area contributed by atoms with E-state index in [0.717, 1.165) is 32.0 Å². The van der Waals surface area contributed by atoms with Crippen LogP contribution in [0.5, 0.6) is 5.75 Å². The second-order valence-corrected chi connectivity index (χ2v) is 9.18. The number of carbonyl (C=O) groups excluding carboxylic acids is 1. The summed E-state index contributed by atoms with van der Waals surface area (Å²) in [6.07, 6.45) is 0. The summed E-state index contributed by atoms with van der Waals surface area (Å²) in [5.41, 5.74) is 4.16. The number of fused-ring (bicyclic) bond motifs is 1. The maximum atomic E-state index is 12.8. The normalized spacial score (nSPS) is 10.6. The Kier molecular flexibility index (Phi) is 6.79. The van der Waals surface area contributed by atoms with E-state index in [0.29, 0.717) is 17.9 Å². The Labute approximate surface area is 212 Å². The Morgan fingerprint density at radius 2 is 1.66 bits per heavy atom. The predicted octanol–water partition coefficient (Wildman–Crippen LogP) is 6.67. The average molecular weight is 496 g/mol. The highest BCUT2D eigenvalue weighted by Crippen LogP contribution is 2.34. The van der Waals surface area contributed by atoms with E-state index in [1.54, 1.807) is 29.5 Å². The van der Waals surface area contributed by atoms with Gasteiger partial charge in [-0.1, -0.05) is 60.7 Å². The van der Waals surface area contributed by atoms with E-state index in [-0.39, 0.29) is 11.0 Å². The second-order valence-electron chi connectivity index (χ2n) is 7.74. The highest BCUT2D eigenvalue weighted by Gasteiger charge is 2.13. The van der Waals surface area contributed by atoms with Crippen molar-refractivity contribution in [3.8, 4) is 16.3 Å². The monoisotopic (exact) mass is 495 g/mol. The minimum atomic E-state index is -0.315. The molecule has 172 valence electrons. The molecule has 1 heterocycles. The van der Waals surface area contributed by atoms with Crippen LogP contribution in [-0.2, 0) is 6.61 Å². The lowest BCUT2D eigenvalue weighted by Gasteiger charge is -2.13. The fourth-order valence-electron chi connectivity index (χ4n) is 3.56. The van der Waals surface area contributed by atoms with Crippen LogP contribution in [0.2, 0.25) is 0 Å². The van der Waals surface area contributed by atoms with Crippen molar-refractivity contribution in [2.24, 2.45) is 0 Å². The number of anilines is 1. The maximum Gasteiger partial charge on any atom is 0.257 e. The third kappa shape index (κ3) is 5.54. The third-order valence-electron chi connectivity index (χ3n) is 5.27. The highest BCUT2D eigenvalue weighted by atomic mass is 32.1. The van der Waals surface area contributed by atoms with Crippen LogP contribution in [0.15, 0.2) is 103 Å². The lowest BCUT2D eigenvalue weighted by molar-refractivity contribution is 0.0977. The fourth-order valence-corrected chi connectivity index (χ4v) is 4.77. The Balaban J connectivity index is 1.26. The molecular formula is C28H21N3O2S2. The predicted molar refractivity (Wildman–Crippen MR) is 146 cm³/mol. The highest BCUT2D eigenvalue weighted by molar-refractivity contribution is 7.80. The Morgan fingerprint density at radius 1 is 0.886 bits per heavy atom. The van der Waals surface area contributed by atoms with Gasteiger partial charge in [-0.15, -0.1) is 11.3 Å². The summed E-state index contributed by atoms with van der Waals surface area (Å²) in [7, 11) is 0. The number of nitrogens with one attached hydrogen (secondary N) is 2. The van der Waals surface area contributed by atoms with Gasteiger partial charge in [-0.3, -0.25) is 10.1 Å². The summed E-state index contributed by atoms with van der Waals surface area (Å²) in [4.78, 5) is 17.6. The Morgan fingerprint density at radius 3 is 2.51 bits per heavy atom. The van der Waals surface area contributed by atoms with Gasteiger partial charge in [0.1, 0.15) is 17.4 Å². The van der Waals surface area contributed by atoms with Crippen LogP contribution >= 0.6 is 23.6 Å². The zero-order valence-corrected chi connectivity index (χ0v) is 20.2. The molecule has 2 N–H and O–H groups in total. The molecular weight excluding hydrogens is 474 g/mol. The maximum absolute atomic E-state index is 12.8. The molecule has 1 amide bonds. The molecule has 5 nitrogen and oxygen atoms in total. The van der Waals surface area contributed by atoms with E-state index in [1.807, 2.05) is 78.9 Å². The standard InChI is InChI=1S/C28H21N3O2S2/c32-26(20-11-8-12-21(17-20)33-18-19-9-2-1-3-10-19)31-28(34)30-23-14-5-4-13-22(23)27-29-24-15-6-7-16-25(24)35-27/h1-17H,18H2,(H2,30,31,32,34). The van der Waals surface area contributed by atoms with Crippen LogP contribution < -0.4 is 15.4 Å². The number of aromatic nitrogens is 1. The number of para-hydroxylation sites is 2. The first-order chi connectivity index (χ1) is 17.2. The molecule has 0 saturated heterocycles. The number of ether oxygens (including phenoxy) is 1. The van der Waals surface area contributed by atoms with Crippen molar-refractivity contribution in [3.63, 3.8) is 0 Å². The number of amides is 1. The summed E-state index contributed by atoms with van der Waals surface area (Å²) in [6.45, 7) is 0.425. The molecule has 0 spiro atoms. The van der Waals surface area contributed by atoms with E-state index in [9.17, 15) is 4.79 Å². The second kappa shape index (κ2) is 10.5. The van der Waals surface area contributed by atoms with Crippen LogP contribution in [0, 0.1) is 0 Å². The number of rotatable bonds is 6. The van der Waals surface area contributed by atoms with E-state index < -0.39 is 0 Å². The molecule has 7 heteroatoms. The van der Waals surface area contributed by atoms with Crippen molar-refractivity contribution in [2.75, 3.05) is 5.32 Å². The number of hydrogen-bond acceptors (Lipinski definition) is 5. The first kappa shape index (κ1) is 22.7. The van der Waals surface area contributed by atoms with Crippen molar-refractivity contribution in [1.29, 1.82) is 0 Å². The molecule has 5 rings (SSSR count). The van der Waals surface area contributed by atoms with Crippen LogP contribution in [0.25, 0.3) is 20.8 Å². The zero-order chi connectivity index (χ0) is 24.0. The van der Waals surface area contributed by atoms with Crippen molar-refractivity contribution >= 4 is 50.5 Å². The molecule has 0 aliphatic heterocycles. The van der Waals surface area contributed by atoms with E-state index in [1.165, 1.54) is 0 Å². The lowest BCUT2D eigenvalue weighted by Crippen LogP contribution is -2.34. The number of carbonyl (C=O) groups is 1. The van der Waals surface area contributed by atoms with Crippen LogP contribution in [-0.4, -0.2) is 16.0 Å². The van der Waals surface area contributed by atoms with Gasteiger partial charge < -0.3 is 10.1 Å². The smallest absolute Gasteiger partial charge is 0.257 e.